The fraction of sp³-hybridized carbons (Fsp3) is 0.250. The molecule has 1 nitrogen and oxygen atoms in total. The number of rotatable bonds is 3. The Morgan fingerprint density at radius 2 is 2.15 bits per heavy atom. The van der Waals surface area contributed by atoms with Gasteiger partial charge in [0.05, 0.1) is 10.4 Å². The molecule has 1 aromatic carbocycles. The zero-order valence-electron chi connectivity index (χ0n) is 6.44. The van der Waals surface area contributed by atoms with Crippen molar-refractivity contribution >= 4 is 27.5 Å². The molecule has 0 heterocycles. The lowest BCUT2D eigenvalue weighted by atomic mass is 10.2. The number of alkyl halides is 3. The van der Waals surface area contributed by atoms with Crippen LogP contribution in [-0.2, 0) is 5.88 Å². The summed E-state index contributed by atoms with van der Waals surface area (Å²) in [7, 11) is 0. The zero-order chi connectivity index (χ0) is 9.84. The Balaban J connectivity index is 3.00. The Bertz CT molecular complexity index is 293. The third kappa shape index (κ3) is 2.81. The largest absolute Gasteiger partial charge is 0.433 e. The van der Waals surface area contributed by atoms with Gasteiger partial charge in [0.25, 0.3) is 0 Å². The van der Waals surface area contributed by atoms with E-state index in [0.29, 0.717) is 10.0 Å². The van der Waals surface area contributed by atoms with Gasteiger partial charge in [-0.15, -0.1) is 11.6 Å². The first-order valence-electron chi connectivity index (χ1n) is 3.43. The number of hydrogen-bond acceptors (Lipinski definition) is 1. The first kappa shape index (κ1) is 10.7. The lowest BCUT2D eigenvalue weighted by molar-refractivity contribution is -0.0508. The highest BCUT2D eigenvalue weighted by atomic mass is 79.9. The molecule has 0 bridgehead atoms. The number of hydrogen-bond donors (Lipinski definition) is 0. The van der Waals surface area contributed by atoms with E-state index in [1.165, 1.54) is 0 Å². The molecule has 0 amide bonds. The molecule has 72 valence electrons. The molecule has 1 aromatic rings. The Labute approximate surface area is 87.8 Å². The normalized spacial score (nSPS) is 10.5. The van der Waals surface area contributed by atoms with Gasteiger partial charge in [0.1, 0.15) is 5.75 Å². The Morgan fingerprint density at radius 3 is 2.69 bits per heavy atom. The molecule has 0 aliphatic carbocycles. The third-order valence-electron chi connectivity index (χ3n) is 1.40. The average Bonchev–Trinajstić information content (AvgIpc) is 2.08. The van der Waals surface area contributed by atoms with Crippen molar-refractivity contribution in [2.24, 2.45) is 0 Å². The summed E-state index contributed by atoms with van der Waals surface area (Å²) in [5.74, 6) is 0.245. The summed E-state index contributed by atoms with van der Waals surface area (Å²) in [6.07, 6.45) is 0. The number of benzene rings is 1. The van der Waals surface area contributed by atoms with Crippen molar-refractivity contribution in [1.29, 1.82) is 0 Å². The first-order valence-corrected chi connectivity index (χ1v) is 4.76. The quantitative estimate of drug-likeness (QED) is 0.760. The highest BCUT2D eigenvalue weighted by Crippen LogP contribution is 2.31. The fourth-order valence-corrected chi connectivity index (χ4v) is 1.59. The highest BCUT2D eigenvalue weighted by Gasteiger charge is 2.11. The average molecular weight is 271 g/mol. The molecule has 0 N–H and O–H groups in total. The van der Waals surface area contributed by atoms with E-state index >= 15 is 0 Å². The molecule has 0 saturated heterocycles. The standard InChI is InChI=1S/C8H6BrClF2O/c9-6-3-1-2-5(4-10)7(6)13-8(11)12/h1-3,8H,4H2. The van der Waals surface area contributed by atoms with E-state index in [1.807, 2.05) is 0 Å². The summed E-state index contributed by atoms with van der Waals surface area (Å²) < 4.78 is 28.6. The van der Waals surface area contributed by atoms with Crippen molar-refractivity contribution in [3.8, 4) is 5.75 Å². The molecule has 5 heteroatoms. The summed E-state index contributed by atoms with van der Waals surface area (Å²) in [5.41, 5.74) is 0.538. The van der Waals surface area contributed by atoms with Gasteiger partial charge in [-0.25, -0.2) is 0 Å². The monoisotopic (exact) mass is 270 g/mol. The Morgan fingerprint density at radius 1 is 1.46 bits per heavy atom. The Kier molecular flexibility index (Phi) is 3.93. The smallest absolute Gasteiger partial charge is 0.387 e. The molecule has 0 unspecified atom stereocenters. The number of halogens is 4. The van der Waals surface area contributed by atoms with Crippen molar-refractivity contribution in [2.45, 2.75) is 12.5 Å². The molecule has 0 aliphatic rings. The van der Waals surface area contributed by atoms with Crippen LogP contribution in [0.3, 0.4) is 0 Å². The van der Waals surface area contributed by atoms with Gasteiger partial charge < -0.3 is 4.74 Å². The second kappa shape index (κ2) is 4.77. The summed E-state index contributed by atoms with van der Waals surface area (Å²) in [6.45, 7) is -2.83. The first-order chi connectivity index (χ1) is 6.15. The SMILES string of the molecule is FC(F)Oc1c(Br)cccc1CCl. The zero-order valence-corrected chi connectivity index (χ0v) is 8.78. The van der Waals surface area contributed by atoms with Crippen LogP contribution in [0.2, 0.25) is 0 Å². The minimum atomic E-state index is -2.83. The molecule has 0 atom stereocenters. The molecule has 0 saturated carbocycles. The summed E-state index contributed by atoms with van der Waals surface area (Å²) in [6, 6.07) is 4.96. The second-order valence-corrected chi connectivity index (χ2v) is 3.36. The van der Waals surface area contributed by atoms with Gasteiger partial charge in [0.15, 0.2) is 0 Å². The molecule has 1 rings (SSSR count). The van der Waals surface area contributed by atoms with Crippen LogP contribution in [0.4, 0.5) is 8.78 Å². The lowest BCUT2D eigenvalue weighted by Crippen LogP contribution is -2.04. The molecular weight excluding hydrogens is 265 g/mol. The van der Waals surface area contributed by atoms with Gasteiger partial charge in [-0.1, -0.05) is 12.1 Å². The van der Waals surface area contributed by atoms with Gasteiger partial charge in [-0.05, 0) is 22.0 Å². The summed E-state index contributed by atoms with van der Waals surface area (Å²) in [5, 5.41) is 0. The van der Waals surface area contributed by atoms with Gasteiger partial charge in [0.2, 0.25) is 0 Å². The topological polar surface area (TPSA) is 9.23 Å². The highest BCUT2D eigenvalue weighted by molar-refractivity contribution is 9.10. The van der Waals surface area contributed by atoms with Crippen LogP contribution in [-0.4, -0.2) is 6.61 Å². The van der Waals surface area contributed by atoms with E-state index in [9.17, 15) is 8.78 Å². The predicted octanol–water partition coefficient (Wildman–Crippen LogP) is 3.79. The van der Waals surface area contributed by atoms with Crippen LogP contribution in [0.1, 0.15) is 5.56 Å². The molecule has 0 fully saturated rings. The van der Waals surface area contributed by atoms with E-state index < -0.39 is 6.61 Å². The van der Waals surface area contributed by atoms with E-state index in [1.54, 1.807) is 18.2 Å². The molecule has 0 radical (unpaired) electrons. The van der Waals surface area contributed by atoms with Crippen molar-refractivity contribution in [2.75, 3.05) is 0 Å². The van der Waals surface area contributed by atoms with Crippen LogP contribution >= 0.6 is 27.5 Å². The van der Waals surface area contributed by atoms with Crippen LogP contribution in [0.15, 0.2) is 22.7 Å². The summed E-state index contributed by atoms with van der Waals surface area (Å²) >= 11 is 8.64. The van der Waals surface area contributed by atoms with E-state index in [-0.39, 0.29) is 11.6 Å². The van der Waals surface area contributed by atoms with E-state index in [0.717, 1.165) is 0 Å². The van der Waals surface area contributed by atoms with Crippen molar-refractivity contribution < 1.29 is 13.5 Å². The van der Waals surface area contributed by atoms with Gasteiger partial charge >= 0.3 is 6.61 Å². The van der Waals surface area contributed by atoms with Crippen molar-refractivity contribution in [3.05, 3.63) is 28.2 Å². The van der Waals surface area contributed by atoms with Gasteiger partial charge in [0, 0.05) is 5.56 Å². The maximum atomic E-state index is 11.9. The third-order valence-corrected chi connectivity index (χ3v) is 2.31. The van der Waals surface area contributed by atoms with Gasteiger partial charge in [-0.3, -0.25) is 0 Å². The van der Waals surface area contributed by atoms with Gasteiger partial charge in [-0.2, -0.15) is 8.78 Å². The minimum Gasteiger partial charge on any atom is -0.433 e. The summed E-state index contributed by atoms with van der Waals surface area (Å²) in [4.78, 5) is 0. The molecule has 0 aromatic heterocycles. The molecule has 0 spiro atoms. The maximum absolute atomic E-state index is 11.9. The van der Waals surface area contributed by atoms with Crippen LogP contribution in [0.25, 0.3) is 0 Å². The van der Waals surface area contributed by atoms with Crippen LogP contribution in [0.5, 0.6) is 5.75 Å². The maximum Gasteiger partial charge on any atom is 0.387 e. The Hall–Kier alpha value is -0.350. The van der Waals surface area contributed by atoms with Crippen LogP contribution < -0.4 is 4.74 Å². The fourth-order valence-electron chi connectivity index (χ4n) is 0.880. The minimum absolute atomic E-state index is 0.104. The number of para-hydroxylation sites is 1. The van der Waals surface area contributed by atoms with E-state index in [4.69, 9.17) is 11.6 Å². The molecular formula is C8H6BrClF2O. The molecule has 13 heavy (non-hydrogen) atoms. The van der Waals surface area contributed by atoms with Crippen molar-refractivity contribution in [1.82, 2.24) is 0 Å². The second-order valence-electron chi connectivity index (χ2n) is 2.24. The van der Waals surface area contributed by atoms with E-state index in [2.05, 4.69) is 20.7 Å². The predicted molar refractivity (Wildman–Crippen MR) is 50.3 cm³/mol. The lowest BCUT2D eigenvalue weighted by Gasteiger charge is -2.10. The number of ether oxygens (including phenoxy) is 1. The van der Waals surface area contributed by atoms with Crippen LogP contribution in [0, 0.1) is 0 Å². The molecule has 0 aliphatic heterocycles. The van der Waals surface area contributed by atoms with Crippen molar-refractivity contribution in [3.63, 3.8) is 0 Å².